The number of aliphatic hydroxyl groups excluding tert-OH is 1. The lowest BCUT2D eigenvalue weighted by atomic mass is 9.97. The first-order valence-electron chi connectivity index (χ1n) is 10.7. The fourth-order valence-corrected chi connectivity index (χ4v) is 3.74. The summed E-state index contributed by atoms with van der Waals surface area (Å²) < 4.78 is 0. The summed E-state index contributed by atoms with van der Waals surface area (Å²) in [5.74, 6) is -2.54. The number of rotatable bonds is 13. The zero-order valence-electron chi connectivity index (χ0n) is 18.6. The van der Waals surface area contributed by atoms with Crippen LogP contribution in [-0.2, 0) is 19.2 Å². The van der Waals surface area contributed by atoms with E-state index in [9.17, 15) is 29.4 Å². The van der Waals surface area contributed by atoms with Gasteiger partial charge in [0.15, 0.2) is 0 Å². The molecule has 0 bridgehead atoms. The van der Waals surface area contributed by atoms with Gasteiger partial charge in [0.25, 0.3) is 0 Å². The Balaban J connectivity index is 2.88. The van der Waals surface area contributed by atoms with Crippen LogP contribution in [0.5, 0.6) is 0 Å². The van der Waals surface area contributed by atoms with Gasteiger partial charge in [-0.25, -0.2) is 4.79 Å². The maximum atomic E-state index is 12.9. The van der Waals surface area contributed by atoms with Crippen LogP contribution in [0.4, 0.5) is 0 Å². The van der Waals surface area contributed by atoms with E-state index in [1.807, 2.05) is 20.1 Å². The molecule has 1 heterocycles. The number of aliphatic carboxylic acids is 1. The van der Waals surface area contributed by atoms with Crippen LogP contribution < -0.4 is 21.3 Å². The normalized spacial score (nSPS) is 20.7. The molecule has 0 radical (unpaired) electrons. The monoisotopic (exact) mass is 460 g/mol. The zero-order valence-corrected chi connectivity index (χ0v) is 19.5. The Morgan fingerprint density at radius 1 is 1.10 bits per heavy atom. The molecule has 10 nitrogen and oxygen atoms in total. The molecule has 0 spiro atoms. The maximum absolute atomic E-state index is 12.9. The van der Waals surface area contributed by atoms with Crippen molar-refractivity contribution in [3.8, 4) is 0 Å². The van der Waals surface area contributed by atoms with Crippen LogP contribution in [-0.4, -0.2) is 82.7 Å². The molecule has 6 N–H and O–H groups in total. The van der Waals surface area contributed by atoms with Crippen molar-refractivity contribution in [2.24, 2.45) is 5.92 Å². The first kappa shape index (κ1) is 27.2. The molecule has 1 saturated heterocycles. The summed E-state index contributed by atoms with van der Waals surface area (Å²) in [6, 6.07) is -3.73. The summed E-state index contributed by atoms with van der Waals surface area (Å²) in [7, 11) is 0. The lowest BCUT2D eigenvalue weighted by Crippen LogP contribution is -2.61. The molecule has 0 saturated carbocycles. The Bertz CT molecular complexity index is 627. The van der Waals surface area contributed by atoms with Crippen molar-refractivity contribution in [1.82, 2.24) is 21.3 Å². The lowest BCUT2D eigenvalue weighted by molar-refractivity contribution is -0.143. The third-order valence-electron chi connectivity index (χ3n) is 5.46. The van der Waals surface area contributed by atoms with E-state index in [0.717, 1.165) is 13.0 Å². The molecule has 1 rings (SSSR count). The average Bonchev–Trinajstić information content (AvgIpc) is 3.26. The number of thioether (sulfide) groups is 1. The van der Waals surface area contributed by atoms with Gasteiger partial charge in [0, 0.05) is 0 Å². The topological polar surface area (TPSA) is 157 Å². The smallest absolute Gasteiger partial charge is 0.326 e. The van der Waals surface area contributed by atoms with Gasteiger partial charge >= 0.3 is 5.97 Å². The molecule has 1 aliphatic heterocycles. The quantitative estimate of drug-likeness (QED) is 0.214. The summed E-state index contributed by atoms with van der Waals surface area (Å²) in [5, 5.41) is 30.1. The van der Waals surface area contributed by atoms with E-state index < -0.39 is 42.0 Å². The Kier molecular flexibility index (Phi) is 11.9. The first-order chi connectivity index (χ1) is 14.6. The number of carboxylic acid groups (broad SMARTS) is 1. The molecule has 3 amide bonds. The van der Waals surface area contributed by atoms with Crippen LogP contribution in [0.2, 0.25) is 0 Å². The van der Waals surface area contributed by atoms with Crippen molar-refractivity contribution in [1.29, 1.82) is 0 Å². The molecule has 1 fully saturated rings. The predicted molar refractivity (Wildman–Crippen MR) is 119 cm³/mol. The Morgan fingerprint density at radius 2 is 1.74 bits per heavy atom. The highest BCUT2D eigenvalue weighted by Crippen LogP contribution is 2.12. The fraction of sp³-hybridized carbons (Fsp3) is 0.800. The van der Waals surface area contributed by atoms with Gasteiger partial charge in [0.2, 0.25) is 17.7 Å². The summed E-state index contributed by atoms with van der Waals surface area (Å²) >= 11 is 1.45. The van der Waals surface area contributed by atoms with Gasteiger partial charge in [-0.15, -0.1) is 0 Å². The van der Waals surface area contributed by atoms with Crippen molar-refractivity contribution in [2.45, 2.75) is 76.7 Å². The average molecular weight is 461 g/mol. The second kappa shape index (κ2) is 13.5. The molecule has 1 aliphatic rings. The van der Waals surface area contributed by atoms with Crippen molar-refractivity contribution in [2.75, 3.05) is 18.6 Å². The number of carbonyl (C=O) groups excluding carboxylic acids is 3. The number of amides is 3. The van der Waals surface area contributed by atoms with Crippen molar-refractivity contribution in [3.63, 3.8) is 0 Å². The number of hydrogen-bond donors (Lipinski definition) is 6. The molecule has 31 heavy (non-hydrogen) atoms. The van der Waals surface area contributed by atoms with Crippen LogP contribution in [0.1, 0.15) is 46.5 Å². The van der Waals surface area contributed by atoms with E-state index in [2.05, 4.69) is 21.3 Å². The number of hydrogen-bond acceptors (Lipinski definition) is 7. The number of carboxylic acids is 1. The van der Waals surface area contributed by atoms with Gasteiger partial charge in [0.05, 0.1) is 12.1 Å². The summed E-state index contributed by atoms with van der Waals surface area (Å²) in [5.41, 5.74) is 0. The van der Waals surface area contributed by atoms with Crippen LogP contribution in [0.3, 0.4) is 0 Å². The molecule has 178 valence electrons. The van der Waals surface area contributed by atoms with Crippen LogP contribution in [0.15, 0.2) is 0 Å². The SMILES string of the molecule is CCC(C)C(NC(=O)C1CCCN1)C(=O)NC(C(=O)NC(CCSC)C(=O)O)C(C)O. The Hall–Kier alpha value is -1.85. The highest BCUT2D eigenvalue weighted by atomic mass is 32.2. The molecule has 0 aliphatic carbocycles. The van der Waals surface area contributed by atoms with E-state index in [1.54, 1.807) is 0 Å². The number of nitrogens with one attached hydrogen (secondary N) is 4. The van der Waals surface area contributed by atoms with E-state index in [-0.39, 0.29) is 24.3 Å². The van der Waals surface area contributed by atoms with Crippen molar-refractivity contribution >= 4 is 35.5 Å². The largest absolute Gasteiger partial charge is 0.480 e. The summed E-state index contributed by atoms with van der Waals surface area (Å²) in [4.78, 5) is 49.5. The minimum Gasteiger partial charge on any atom is -0.480 e. The zero-order chi connectivity index (χ0) is 23.6. The van der Waals surface area contributed by atoms with Gasteiger partial charge in [-0.1, -0.05) is 20.3 Å². The van der Waals surface area contributed by atoms with Gasteiger partial charge in [0.1, 0.15) is 18.1 Å². The van der Waals surface area contributed by atoms with Gasteiger partial charge < -0.3 is 31.5 Å². The minimum absolute atomic E-state index is 0.211. The summed E-state index contributed by atoms with van der Waals surface area (Å²) in [6.45, 7) is 5.77. The van der Waals surface area contributed by atoms with E-state index in [4.69, 9.17) is 0 Å². The molecule has 11 heteroatoms. The van der Waals surface area contributed by atoms with Crippen LogP contribution in [0.25, 0.3) is 0 Å². The number of carbonyl (C=O) groups is 4. The van der Waals surface area contributed by atoms with Crippen molar-refractivity contribution < 1.29 is 29.4 Å². The highest BCUT2D eigenvalue weighted by Gasteiger charge is 2.35. The number of aliphatic hydroxyl groups is 1. The Morgan fingerprint density at radius 3 is 2.23 bits per heavy atom. The summed E-state index contributed by atoms with van der Waals surface area (Å²) in [6.07, 6.45) is 2.95. The van der Waals surface area contributed by atoms with Gasteiger partial charge in [-0.2, -0.15) is 11.8 Å². The predicted octanol–water partition coefficient (Wildman–Crippen LogP) is -0.543. The highest BCUT2D eigenvalue weighted by molar-refractivity contribution is 7.98. The van der Waals surface area contributed by atoms with E-state index >= 15 is 0 Å². The molecule has 0 aromatic carbocycles. The molecular weight excluding hydrogens is 424 g/mol. The lowest BCUT2D eigenvalue weighted by Gasteiger charge is -2.29. The molecule has 0 aromatic heterocycles. The fourth-order valence-electron chi connectivity index (χ4n) is 3.27. The minimum atomic E-state index is -1.35. The van der Waals surface area contributed by atoms with E-state index in [0.29, 0.717) is 18.6 Å². The third-order valence-corrected chi connectivity index (χ3v) is 6.10. The molecular formula is C20H36N4O6S. The first-order valence-corrected chi connectivity index (χ1v) is 12.1. The standard InChI is InChI=1S/C20H36N4O6S/c1-5-11(2)15(23-17(26)13-7-6-9-21-13)18(27)24-16(12(3)25)19(28)22-14(20(29)30)8-10-31-4/h11-16,21,25H,5-10H2,1-4H3,(H,22,28)(H,23,26)(H,24,27)(H,29,30). The van der Waals surface area contributed by atoms with Crippen LogP contribution >= 0.6 is 11.8 Å². The second-order valence-electron chi connectivity index (χ2n) is 7.93. The van der Waals surface area contributed by atoms with Crippen LogP contribution in [0, 0.1) is 5.92 Å². The third kappa shape index (κ3) is 8.66. The molecule has 6 unspecified atom stereocenters. The molecule has 0 aromatic rings. The van der Waals surface area contributed by atoms with Gasteiger partial charge in [-0.05, 0) is 50.7 Å². The Labute approximate surface area is 187 Å². The molecule has 6 atom stereocenters. The second-order valence-corrected chi connectivity index (χ2v) is 8.91. The van der Waals surface area contributed by atoms with E-state index in [1.165, 1.54) is 18.7 Å². The van der Waals surface area contributed by atoms with Gasteiger partial charge in [-0.3, -0.25) is 14.4 Å². The van der Waals surface area contributed by atoms with Crippen molar-refractivity contribution in [3.05, 3.63) is 0 Å². The maximum Gasteiger partial charge on any atom is 0.326 e.